The summed E-state index contributed by atoms with van der Waals surface area (Å²) in [6, 6.07) is 3.19. The minimum Gasteiger partial charge on any atom is -0.397 e. The lowest BCUT2D eigenvalue weighted by molar-refractivity contribution is 0.312. The maximum absolute atomic E-state index is 11.6. The second-order valence-corrected chi connectivity index (χ2v) is 5.70. The molecule has 0 atom stereocenters. The molecule has 0 aliphatic rings. The van der Waals surface area contributed by atoms with E-state index in [9.17, 15) is 14.4 Å². The van der Waals surface area contributed by atoms with Gasteiger partial charge in [-0.1, -0.05) is 13.8 Å². The van der Waals surface area contributed by atoms with E-state index in [1.807, 2.05) is 0 Å². The van der Waals surface area contributed by atoms with Crippen molar-refractivity contribution in [2.24, 2.45) is 0 Å². The molecule has 90 valence electrons. The van der Waals surface area contributed by atoms with E-state index in [1.165, 1.54) is 6.20 Å². The molecule has 1 aromatic heterocycles. The molecule has 0 saturated carbocycles. The van der Waals surface area contributed by atoms with Gasteiger partial charge in [-0.05, 0) is 25.0 Å². The van der Waals surface area contributed by atoms with Crippen LogP contribution in [0.25, 0.3) is 0 Å². The molecule has 0 amide bonds. The van der Waals surface area contributed by atoms with Gasteiger partial charge in [0.2, 0.25) is 0 Å². The zero-order valence-electron chi connectivity index (χ0n) is 9.42. The van der Waals surface area contributed by atoms with Gasteiger partial charge in [0.15, 0.2) is 0 Å². The Kier molecular flexibility index (Phi) is 3.73. The highest BCUT2D eigenvalue weighted by Crippen LogP contribution is 2.60. The molecule has 0 radical (unpaired) electrons. The minimum absolute atomic E-state index is 0.338. The molecule has 0 unspecified atom stereocenters. The van der Waals surface area contributed by atoms with Crippen LogP contribution in [0.1, 0.15) is 32.4 Å². The number of anilines is 1. The zero-order chi connectivity index (χ0) is 12.4. The Morgan fingerprint density at radius 2 is 1.94 bits per heavy atom. The Labute approximate surface area is 94.9 Å². The van der Waals surface area contributed by atoms with E-state index in [-0.39, 0.29) is 0 Å². The third kappa shape index (κ3) is 2.12. The first-order valence-electron chi connectivity index (χ1n) is 5.15. The molecule has 0 aliphatic heterocycles. The van der Waals surface area contributed by atoms with Crippen molar-refractivity contribution in [2.75, 3.05) is 5.73 Å². The number of hydrogen-bond acceptors (Lipinski definition) is 3. The number of pyridine rings is 1. The fourth-order valence-corrected chi connectivity index (χ4v) is 3.11. The topological polar surface area (TPSA) is 96.4 Å². The minimum atomic E-state index is -4.25. The van der Waals surface area contributed by atoms with Crippen molar-refractivity contribution in [1.82, 2.24) is 4.98 Å². The zero-order valence-corrected chi connectivity index (χ0v) is 10.3. The molecule has 16 heavy (non-hydrogen) atoms. The van der Waals surface area contributed by atoms with Gasteiger partial charge in [0, 0.05) is 0 Å². The van der Waals surface area contributed by atoms with Crippen LogP contribution in [0.4, 0.5) is 5.69 Å². The van der Waals surface area contributed by atoms with Crippen LogP contribution in [0.2, 0.25) is 0 Å². The summed E-state index contributed by atoms with van der Waals surface area (Å²) in [5.41, 5.74) is 6.39. The Balaban J connectivity index is 3.32. The fraction of sp³-hybridized carbons (Fsp3) is 0.500. The predicted octanol–water partition coefficient (Wildman–Crippen LogP) is 1.86. The average molecular weight is 244 g/mol. The molecule has 4 N–H and O–H groups in total. The standard InChI is InChI=1S/C10H17N2O3P/c1-3-10(4-2,16(13,14)15)9-6-5-8(11)7-12-9/h5-7H,3-4,11H2,1-2H3,(H2,13,14,15). The van der Waals surface area contributed by atoms with Gasteiger partial charge in [-0.3, -0.25) is 9.55 Å². The van der Waals surface area contributed by atoms with E-state index in [0.717, 1.165) is 0 Å². The van der Waals surface area contributed by atoms with E-state index in [1.54, 1.807) is 26.0 Å². The molecular weight excluding hydrogens is 227 g/mol. The van der Waals surface area contributed by atoms with Crippen LogP contribution in [-0.2, 0) is 9.72 Å². The molecule has 0 bridgehead atoms. The van der Waals surface area contributed by atoms with Crippen LogP contribution in [-0.4, -0.2) is 14.8 Å². The molecular formula is C10H17N2O3P. The van der Waals surface area contributed by atoms with Crippen molar-refractivity contribution in [1.29, 1.82) is 0 Å². The van der Waals surface area contributed by atoms with Gasteiger partial charge in [-0.15, -0.1) is 0 Å². The summed E-state index contributed by atoms with van der Waals surface area (Å²) < 4.78 is 11.6. The first-order valence-corrected chi connectivity index (χ1v) is 6.76. The molecule has 1 heterocycles. The molecule has 6 heteroatoms. The van der Waals surface area contributed by atoms with E-state index in [0.29, 0.717) is 24.2 Å². The van der Waals surface area contributed by atoms with Crippen molar-refractivity contribution in [3.05, 3.63) is 24.0 Å². The smallest absolute Gasteiger partial charge is 0.337 e. The summed E-state index contributed by atoms with van der Waals surface area (Å²) in [6.45, 7) is 3.50. The van der Waals surface area contributed by atoms with Crippen LogP contribution >= 0.6 is 7.60 Å². The average Bonchev–Trinajstić information content (AvgIpc) is 2.21. The molecule has 0 spiro atoms. The van der Waals surface area contributed by atoms with Crippen LogP contribution in [0.5, 0.6) is 0 Å². The summed E-state index contributed by atoms with van der Waals surface area (Å²) in [4.78, 5) is 23.0. The summed E-state index contributed by atoms with van der Waals surface area (Å²) >= 11 is 0. The van der Waals surface area contributed by atoms with Crippen LogP contribution in [0.15, 0.2) is 18.3 Å². The number of rotatable bonds is 4. The van der Waals surface area contributed by atoms with Gasteiger partial charge in [-0.25, -0.2) is 0 Å². The third-order valence-corrected chi connectivity index (χ3v) is 4.97. The number of aromatic nitrogens is 1. The summed E-state index contributed by atoms with van der Waals surface area (Å²) in [5, 5.41) is -1.19. The third-order valence-electron chi connectivity index (χ3n) is 2.99. The predicted molar refractivity (Wildman–Crippen MR) is 63.0 cm³/mol. The molecule has 1 rings (SSSR count). The van der Waals surface area contributed by atoms with Crippen LogP contribution in [0, 0.1) is 0 Å². The maximum Gasteiger partial charge on any atom is 0.337 e. The van der Waals surface area contributed by atoms with Crippen molar-refractivity contribution >= 4 is 13.3 Å². The fourth-order valence-electron chi connectivity index (χ4n) is 1.85. The van der Waals surface area contributed by atoms with Crippen LogP contribution < -0.4 is 5.73 Å². The second-order valence-electron chi connectivity index (χ2n) is 3.76. The summed E-state index contributed by atoms with van der Waals surface area (Å²) in [7, 11) is -4.25. The van der Waals surface area contributed by atoms with E-state index in [4.69, 9.17) is 5.73 Å². The molecule has 5 nitrogen and oxygen atoms in total. The first-order chi connectivity index (χ1) is 7.37. The first kappa shape index (κ1) is 13.2. The van der Waals surface area contributed by atoms with Gasteiger partial charge in [0.05, 0.1) is 17.6 Å². The lowest BCUT2D eigenvalue weighted by atomic mass is 9.97. The van der Waals surface area contributed by atoms with Gasteiger partial charge in [0.1, 0.15) is 5.16 Å². The quantitative estimate of drug-likeness (QED) is 0.702. The Morgan fingerprint density at radius 1 is 1.38 bits per heavy atom. The maximum atomic E-state index is 11.6. The monoisotopic (exact) mass is 244 g/mol. The number of nitrogen functional groups attached to an aromatic ring is 1. The summed E-state index contributed by atoms with van der Waals surface area (Å²) in [5.74, 6) is 0. The molecule has 0 saturated heterocycles. The SMILES string of the molecule is CCC(CC)(c1ccc(N)cn1)P(=O)(O)O. The normalized spacial score (nSPS) is 12.8. The van der Waals surface area contributed by atoms with Crippen molar-refractivity contribution in [3.63, 3.8) is 0 Å². The molecule has 0 aliphatic carbocycles. The van der Waals surface area contributed by atoms with Crippen molar-refractivity contribution < 1.29 is 14.4 Å². The lowest BCUT2D eigenvalue weighted by Gasteiger charge is -2.31. The van der Waals surface area contributed by atoms with E-state index >= 15 is 0 Å². The number of nitrogens with two attached hydrogens (primary N) is 1. The largest absolute Gasteiger partial charge is 0.397 e. The van der Waals surface area contributed by atoms with Crippen molar-refractivity contribution in [2.45, 2.75) is 31.8 Å². The van der Waals surface area contributed by atoms with Gasteiger partial charge in [0.25, 0.3) is 0 Å². The Bertz CT molecular complexity index is 395. The second kappa shape index (κ2) is 4.53. The highest BCUT2D eigenvalue weighted by Gasteiger charge is 2.46. The Morgan fingerprint density at radius 3 is 2.25 bits per heavy atom. The summed E-state index contributed by atoms with van der Waals surface area (Å²) in [6.07, 6.45) is 2.10. The highest BCUT2D eigenvalue weighted by molar-refractivity contribution is 7.53. The lowest BCUT2D eigenvalue weighted by Crippen LogP contribution is -2.25. The number of nitrogens with zero attached hydrogens (tertiary/aromatic N) is 1. The Hall–Kier alpha value is -0.900. The van der Waals surface area contributed by atoms with E-state index in [2.05, 4.69) is 4.98 Å². The van der Waals surface area contributed by atoms with Crippen LogP contribution in [0.3, 0.4) is 0 Å². The van der Waals surface area contributed by atoms with Crippen molar-refractivity contribution in [3.8, 4) is 0 Å². The number of hydrogen-bond donors (Lipinski definition) is 3. The highest BCUT2D eigenvalue weighted by atomic mass is 31.2. The molecule has 0 aromatic carbocycles. The molecule has 1 aromatic rings. The van der Waals surface area contributed by atoms with Gasteiger partial charge in [-0.2, -0.15) is 0 Å². The van der Waals surface area contributed by atoms with E-state index < -0.39 is 12.8 Å². The van der Waals surface area contributed by atoms with Gasteiger partial charge < -0.3 is 15.5 Å². The molecule has 0 fully saturated rings. The van der Waals surface area contributed by atoms with Gasteiger partial charge >= 0.3 is 7.60 Å².